The predicted molar refractivity (Wildman–Crippen MR) is 77.5 cm³/mol. The minimum Gasteiger partial charge on any atom is -0.496 e. The second-order valence-corrected chi connectivity index (χ2v) is 4.47. The fourth-order valence-electron chi connectivity index (χ4n) is 2.01. The molecular weight excluding hydrogens is 257 g/mol. The second-order valence-electron chi connectivity index (χ2n) is 4.47. The van der Waals surface area contributed by atoms with Crippen LogP contribution in [0.5, 0.6) is 5.75 Å². The third kappa shape index (κ3) is 2.87. The zero-order valence-electron chi connectivity index (χ0n) is 11.9. The largest absolute Gasteiger partial charge is 0.496 e. The highest BCUT2D eigenvalue weighted by atomic mass is 19.1. The Labute approximate surface area is 118 Å². The van der Waals surface area contributed by atoms with Gasteiger partial charge in [-0.15, -0.1) is 0 Å². The molecule has 0 aliphatic heterocycles. The summed E-state index contributed by atoms with van der Waals surface area (Å²) in [7, 11) is 1.56. The van der Waals surface area contributed by atoms with Crippen LogP contribution in [0.1, 0.15) is 18.9 Å². The van der Waals surface area contributed by atoms with E-state index in [0.717, 1.165) is 24.3 Å². The summed E-state index contributed by atoms with van der Waals surface area (Å²) >= 11 is 0. The number of hydrogen-bond acceptors (Lipinski definition) is 4. The van der Waals surface area contributed by atoms with Gasteiger partial charge in [0.1, 0.15) is 23.7 Å². The molecule has 0 atom stereocenters. The molecule has 0 aliphatic rings. The van der Waals surface area contributed by atoms with Gasteiger partial charge in [0.05, 0.1) is 12.8 Å². The molecule has 0 fully saturated rings. The van der Waals surface area contributed by atoms with Gasteiger partial charge in [-0.2, -0.15) is 0 Å². The van der Waals surface area contributed by atoms with E-state index >= 15 is 0 Å². The Bertz CT molecular complexity index is 602. The first-order valence-electron chi connectivity index (χ1n) is 6.56. The Balaban J connectivity index is 2.50. The van der Waals surface area contributed by atoms with Crippen LogP contribution in [0, 0.1) is 12.7 Å². The number of rotatable bonds is 5. The molecule has 2 rings (SSSR count). The van der Waals surface area contributed by atoms with Gasteiger partial charge in [0.2, 0.25) is 0 Å². The zero-order valence-corrected chi connectivity index (χ0v) is 11.9. The average Bonchev–Trinajstić information content (AvgIpc) is 2.46. The molecule has 20 heavy (non-hydrogen) atoms. The van der Waals surface area contributed by atoms with E-state index in [9.17, 15) is 4.39 Å². The van der Waals surface area contributed by atoms with Gasteiger partial charge < -0.3 is 10.1 Å². The molecule has 1 N–H and O–H groups in total. The van der Waals surface area contributed by atoms with E-state index in [0.29, 0.717) is 17.0 Å². The average molecular weight is 275 g/mol. The van der Waals surface area contributed by atoms with Crippen molar-refractivity contribution >= 4 is 5.82 Å². The van der Waals surface area contributed by atoms with E-state index in [1.54, 1.807) is 13.2 Å². The van der Waals surface area contributed by atoms with Gasteiger partial charge in [-0.3, -0.25) is 0 Å². The predicted octanol–water partition coefficient (Wildman–Crippen LogP) is 3.42. The van der Waals surface area contributed by atoms with Crippen LogP contribution in [0.4, 0.5) is 10.2 Å². The van der Waals surface area contributed by atoms with Crippen molar-refractivity contribution in [2.45, 2.75) is 20.3 Å². The summed E-state index contributed by atoms with van der Waals surface area (Å²) in [5, 5.41) is 3.24. The lowest BCUT2D eigenvalue weighted by molar-refractivity contribution is 0.415. The normalized spacial score (nSPS) is 10.4. The fourth-order valence-corrected chi connectivity index (χ4v) is 2.01. The number of ether oxygens (including phenoxy) is 1. The van der Waals surface area contributed by atoms with Gasteiger partial charge in [0, 0.05) is 17.7 Å². The molecule has 1 aromatic heterocycles. The van der Waals surface area contributed by atoms with Crippen LogP contribution < -0.4 is 10.1 Å². The number of benzene rings is 1. The molecule has 0 saturated heterocycles. The quantitative estimate of drug-likeness (QED) is 0.908. The molecule has 4 nitrogen and oxygen atoms in total. The first-order valence-corrected chi connectivity index (χ1v) is 6.56. The number of hydrogen-bond donors (Lipinski definition) is 1. The maximum Gasteiger partial charge on any atom is 0.132 e. The minimum absolute atomic E-state index is 0.318. The second kappa shape index (κ2) is 6.32. The molecular formula is C15H18FN3O. The zero-order chi connectivity index (χ0) is 14.5. The Morgan fingerprint density at radius 1 is 1.30 bits per heavy atom. The maximum absolute atomic E-state index is 13.5. The van der Waals surface area contributed by atoms with Crippen LogP contribution >= 0.6 is 0 Å². The number of methoxy groups -OCH3 is 1. The molecule has 0 bridgehead atoms. The van der Waals surface area contributed by atoms with Crippen molar-refractivity contribution in [3.8, 4) is 17.0 Å². The highest BCUT2D eigenvalue weighted by Gasteiger charge is 2.14. The molecule has 1 heterocycles. The summed E-state index contributed by atoms with van der Waals surface area (Å²) in [6.45, 7) is 4.83. The first-order chi connectivity index (χ1) is 9.67. The summed E-state index contributed by atoms with van der Waals surface area (Å²) in [4.78, 5) is 8.49. The Kier molecular flexibility index (Phi) is 4.50. The van der Waals surface area contributed by atoms with Crippen molar-refractivity contribution in [1.29, 1.82) is 0 Å². The smallest absolute Gasteiger partial charge is 0.132 e. The van der Waals surface area contributed by atoms with Crippen molar-refractivity contribution in [1.82, 2.24) is 9.97 Å². The Hall–Kier alpha value is -2.17. The summed E-state index contributed by atoms with van der Waals surface area (Å²) in [5.74, 6) is 1.04. The summed E-state index contributed by atoms with van der Waals surface area (Å²) in [6.07, 6.45) is 2.48. The molecule has 1 aromatic carbocycles. The van der Waals surface area contributed by atoms with E-state index < -0.39 is 0 Å². The van der Waals surface area contributed by atoms with Gasteiger partial charge in [-0.1, -0.05) is 6.92 Å². The minimum atomic E-state index is -0.318. The summed E-state index contributed by atoms with van der Waals surface area (Å²) < 4.78 is 18.8. The van der Waals surface area contributed by atoms with E-state index in [-0.39, 0.29) is 5.82 Å². The third-order valence-corrected chi connectivity index (χ3v) is 3.04. The van der Waals surface area contributed by atoms with Crippen LogP contribution in [0.2, 0.25) is 0 Å². The highest BCUT2D eigenvalue weighted by molar-refractivity contribution is 5.73. The molecule has 5 heteroatoms. The first kappa shape index (κ1) is 14.2. The van der Waals surface area contributed by atoms with Crippen LogP contribution in [-0.2, 0) is 0 Å². The van der Waals surface area contributed by atoms with Crippen molar-refractivity contribution in [3.05, 3.63) is 35.9 Å². The SMILES string of the molecule is CCCNc1ncnc(-c2cc(F)ccc2OC)c1C. The van der Waals surface area contributed by atoms with Crippen molar-refractivity contribution in [3.63, 3.8) is 0 Å². The number of aromatic nitrogens is 2. The molecule has 2 aromatic rings. The molecule has 0 radical (unpaired) electrons. The van der Waals surface area contributed by atoms with Crippen molar-refractivity contribution in [2.75, 3.05) is 19.0 Å². The number of nitrogens with one attached hydrogen (secondary N) is 1. The number of anilines is 1. The van der Waals surface area contributed by atoms with Crippen LogP contribution in [0.15, 0.2) is 24.5 Å². The monoisotopic (exact) mass is 275 g/mol. The summed E-state index contributed by atoms with van der Waals surface area (Å²) in [6, 6.07) is 4.40. The van der Waals surface area contributed by atoms with E-state index in [4.69, 9.17) is 4.74 Å². The van der Waals surface area contributed by atoms with Gasteiger partial charge in [0.25, 0.3) is 0 Å². The third-order valence-electron chi connectivity index (χ3n) is 3.04. The number of nitrogens with zero attached hydrogens (tertiary/aromatic N) is 2. The molecule has 0 amide bonds. The molecule has 0 spiro atoms. The Morgan fingerprint density at radius 3 is 2.80 bits per heavy atom. The van der Waals surface area contributed by atoms with Crippen LogP contribution in [0.25, 0.3) is 11.3 Å². The fraction of sp³-hybridized carbons (Fsp3) is 0.333. The lowest BCUT2D eigenvalue weighted by Gasteiger charge is -2.13. The van der Waals surface area contributed by atoms with E-state index in [2.05, 4.69) is 22.2 Å². The van der Waals surface area contributed by atoms with Crippen molar-refractivity contribution < 1.29 is 9.13 Å². The summed E-state index contributed by atoms with van der Waals surface area (Å²) in [5.41, 5.74) is 2.19. The van der Waals surface area contributed by atoms with Gasteiger partial charge in [-0.25, -0.2) is 14.4 Å². The topological polar surface area (TPSA) is 47.0 Å². The molecule has 106 valence electrons. The standard InChI is InChI=1S/C15H18FN3O/c1-4-7-17-15-10(2)14(18-9-19-15)12-8-11(16)5-6-13(12)20-3/h5-6,8-9H,4,7H2,1-3H3,(H,17,18,19). The van der Waals surface area contributed by atoms with E-state index in [1.807, 2.05) is 6.92 Å². The van der Waals surface area contributed by atoms with Crippen molar-refractivity contribution in [2.24, 2.45) is 0 Å². The molecule has 0 unspecified atom stereocenters. The number of halogens is 1. The van der Waals surface area contributed by atoms with E-state index in [1.165, 1.54) is 18.5 Å². The van der Waals surface area contributed by atoms with Gasteiger partial charge in [-0.05, 0) is 31.5 Å². The van der Waals surface area contributed by atoms with Crippen LogP contribution in [0.3, 0.4) is 0 Å². The Morgan fingerprint density at radius 2 is 2.10 bits per heavy atom. The van der Waals surface area contributed by atoms with Gasteiger partial charge in [0.15, 0.2) is 0 Å². The lowest BCUT2D eigenvalue weighted by Crippen LogP contribution is -2.06. The molecule has 0 aliphatic carbocycles. The lowest BCUT2D eigenvalue weighted by atomic mass is 10.1. The highest BCUT2D eigenvalue weighted by Crippen LogP contribution is 2.32. The maximum atomic E-state index is 13.5. The van der Waals surface area contributed by atoms with Crippen LogP contribution in [-0.4, -0.2) is 23.6 Å². The van der Waals surface area contributed by atoms with Gasteiger partial charge >= 0.3 is 0 Å². The molecule has 0 saturated carbocycles.